The predicted octanol–water partition coefficient (Wildman–Crippen LogP) is 1.59. The molecule has 9 nitrogen and oxygen atoms in total. The highest BCUT2D eigenvalue weighted by Gasteiger charge is 2.52. The van der Waals surface area contributed by atoms with Crippen molar-refractivity contribution < 1.29 is 13.6 Å². The fraction of sp³-hybridized carbons (Fsp3) is 0.556. The Kier molecular flexibility index (Phi) is 5.58. The van der Waals surface area contributed by atoms with Gasteiger partial charge in [-0.05, 0) is 45.2 Å². The molecule has 2 aliphatic carbocycles. The van der Waals surface area contributed by atoms with Gasteiger partial charge in [0.25, 0.3) is 5.92 Å². The molecule has 1 aliphatic heterocycles. The largest absolute Gasteiger partial charge is 0.312 e. The van der Waals surface area contributed by atoms with Crippen LogP contribution in [0.15, 0.2) is 36.4 Å². The lowest BCUT2D eigenvalue weighted by molar-refractivity contribution is -0.126. The molecule has 1 spiro atoms. The van der Waals surface area contributed by atoms with Crippen molar-refractivity contribution in [3.63, 3.8) is 0 Å². The number of carbonyl (C=O) groups excluding carboxylic acids is 1. The Morgan fingerprint density at radius 1 is 1.17 bits per heavy atom. The molecule has 156 valence electrons. The van der Waals surface area contributed by atoms with Crippen molar-refractivity contribution in [3.05, 3.63) is 11.4 Å². The van der Waals surface area contributed by atoms with E-state index in [2.05, 4.69) is 54.3 Å². The Labute approximate surface area is 167 Å². The van der Waals surface area contributed by atoms with Crippen LogP contribution in [0.5, 0.6) is 0 Å². The minimum Gasteiger partial charge on any atom is -0.312 e. The van der Waals surface area contributed by atoms with E-state index in [0.717, 1.165) is 18.4 Å². The van der Waals surface area contributed by atoms with Crippen LogP contribution in [0.2, 0.25) is 0 Å². The van der Waals surface area contributed by atoms with Gasteiger partial charge in [0.05, 0.1) is 11.5 Å². The molecule has 2 saturated carbocycles. The van der Waals surface area contributed by atoms with Gasteiger partial charge in [-0.25, -0.2) is 23.8 Å². The molecule has 1 amide bonds. The van der Waals surface area contributed by atoms with Gasteiger partial charge in [0.2, 0.25) is 23.8 Å². The molecular formula is C18H24F2N8O. The van der Waals surface area contributed by atoms with Gasteiger partial charge in [-0.3, -0.25) is 15.1 Å². The maximum atomic E-state index is 13.0. The highest BCUT2D eigenvalue weighted by molar-refractivity contribution is 6.05. The number of nitrogens with one attached hydrogen (secondary N) is 3. The summed E-state index contributed by atoms with van der Waals surface area (Å²) >= 11 is 0. The fourth-order valence-electron chi connectivity index (χ4n) is 3.28. The van der Waals surface area contributed by atoms with Crippen molar-refractivity contribution in [1.29, 1.82) is 0 Å². The zero-order valence-corrected chi connectivity index (χ0v) is 16.4. The highest BCUT2D eigenvalue weighted by atomic mass is 19.3. The monoisotopic (exact) mass is 406 g/mol. The number of alkyl halides is 2. The standard InChI is InChI=1S/C18H24F2N8O/c1-10-7-17(5-6-17)13(29)25-12(10)26-15(22-3)28-16(23-4)27-14(21-2)24-11-8-18(19,20)9-11/h11H,2-3,5-9H2,1,4H3,(H,25,29)(H2,23,24,26,27,28). The number of rotatable bonds is 2. The molecule has 0 saturated heterocycles. The molecule has 3 rings (SSSR count). The topological polar surface area (TPSA) is 115 Å². The minimum atomic E-state index is -2.68. The molecule has 0 aromatic heterocycles. The summed E-state index contributed by atoms with van der Waals surface area (Å²) in [4.78, 5) is 32.0. The Bertz CT molecular complexity index is 846. The number of guanidine groups is 3. The third kappa shape index (κ3) is 4.72. The first-order valence-corrected chi connectivity index (χ1v) is 9.20. The lowest BCUT2D eigenvalue weighted by Crippen LogP contribution is -2.43. The van der Waals surface area contributed by atoms with Crippen LogP contribution in [0, 0.1) is 5.41 Å². The Morgan fingerprint density at radius 3 is 2.34 bits per heavy atom. The van der Waals surface area contributed by atoms with E-state index in [1.165, 1.54) is 7.05 Å². The van der Waals surface area contributed by atoms with Crippen molar-refractivity contribution in [2.75, 3.05) is 7.05 Å². The van der Waals surface area contributed by atoms with E-state index in [-0.39, 0.29) is 42.0 Å². The van der Waals surface area contributed by atoms with Crippen LogP contribution in [0.25, 0.3) is 0 Å². The molecule has 29 heavy (non-hydrogen) atoms. The van der Waals surface area contributed by atoms with E-state index in [0.29, 0.717) is 12.2 Å². The molecular weight excluding hydrogens is 382 g/mol. The molecule has 0 aromatic carbocycles. The van der Waals surface area contributed by atoms with Crippen molar-refractivity contribution in [2.45, 2.75) is 51.0 Å². The summed E-state index contributed by atoms with van der Waals surface area (Å²) in [5.41, 5.74) is 0.729. The molecule has 11 heteroatoms. The first kappa shape index (κ1) is 20.7. The quantitative estimate of drug-likeness (QED) is 0.478. The smallest absolute Gasteiger partial charge is 0.252 e. The lowest BCUT2D eigenvalue weighted by atomic mass is 9.89. The Hall–Kier alpha value is -2.98. The van der Waals surface area contributed by atoms with Crippen molar-refractivity contribution in [2.24, 2.45) is 30.4 Å². The van der Waals surface area contributed by atoms with Crippen molar-refractivity contribution in [3.8, 4) is 0 Å². The zero-order chi connectivity index (χ0) is 21.2. The minimum absolute atomic E-state index is 0.0147. The van der Waals surface area contributed by atoms with Crippen LogP contribution >= 0.6 is 0 Å². The molecule has 0 unspecified atom stereocenters. The van der Waals surface area contributed by atoms with Crippen LogP contribution < -0.4 is 16.0 Å². The summed E-state index contributed by atoms with van der Waals surface area (Å²) in [5, 5.41) is 8.53. The SMILES string of the molecule is C=NC(=NC1CC(F)(F)C1)NC(=NC)N=C(N=C)NC1=C(C)CC2(CC2)C(=O)N1. The first-order chi connectivity index (χ1) is 13.7. The maximum Gasteiger partial charge on any atom is 0.252 e. The fourth-order valence-corrected chi connectivity index (χ4v) is 3.28. The average Bonchev–Trinajstić information content (AvgIpc) is 3.42. The first-order valence-electron chi connectivity index (χ1n) is 9.20. The third-order valence-electron chi connectivity index (χ3n) is 5.16. The van der Waals surface area contributed by atoms with E-state index in [1.54, 1.807) is 0 Å². The number of amides is 1. The molecule has 0 radical (unpaired) electrons. The van der Waals surface area contributed by atoms with E-state index in [1.807, 2.05) is 6.92 Å². The number of hydrogen-bond donors (Lipinski definition) is 3. The number of nitrogens with zero attached hydrogens (tertiary/aromatic N) is 5. The zero-order valence-electron chi connectivity index (χ0n) is 16.4. The summed E-state index contributed by atoms with van der Waals surface area (Å²) < 4.78 is 26.0. The number of aliphatic imine (C=N–C) groups is 5. The van der Waals surface area contributed by atoms with Crippen molar-refractivity contribution in [1.82, 2.24) is 16.0 Å². The Morgan fingerprint density at radius 2 is 1.83 bits per heavy atom. The van der Waals surface area contributed by atoms with E-state index >= 15 is 0 Å². The summed E-state index contributed by atoms with van der Waals surface area (Å²) in [5.74, 6) is -1.97. The molecule has 3 N–H and O–H groups in total. The summed E-state index contributed by atoms with van der Waals surface area (Å²) in [6.07, 6.45) is 1.81. The van der Waals surface area contributed by atoms with Crippen LogP contribution in [0.1, 0.15) is 39.0 Å². The molecule has 3 aliphatic rings. The number of halogens is 2. The lowest BCUT2D eigenvalue weighted by Gasteiger charge is -2.32. The van der Waals surface area contributed by atoms with Gasteiger partial charge in [-0.15, -0.1) is 0 Å². The van der Waals surface area contributed by atoms with Crippen LogP contribution in [-0.4, -0.2) is 56.2 Å². The van der Waals surface area contributed by atoms with Crippen LogP contribution in [0.3, 0.4) is 0 Å². The van der Waals surface area contributed by atoms with E-state index < -0.39 is 12.0 Å². The van der Waals surface area contributed by atoms with Gasteiger partial charge < -0.3 is 10.6 Å². The van der Waals surface area contributed by atoms with Gasteiger partial charge in [0, 0.05) is 19.9 Å². The van der Waals surface area contributed by atoms with E-state index in [4.69, 9.17) is 0 Å². The summed E-state index contributed by atoms with van der Waals surface area (Å²) in [6, 6.07) is -0.532. The summed E-state index contributed by atoms with van der Waals surface area (Å²) in [6.45, 7) is 8.79. The average molecular weight is 406 g/mol. The number of hydrogen-bond acceptors (Lipinski definition) is 3. The summed E-state index contributed by atoms with van der Waals surface area (Å²) in [7, 11) is 1.48. The number of carbonyl (C=O) groups is 1. The predicted molar refractivity (Wildman–Crippen MR) is 109 cm³/mol. The van der Waals surface area contributed by atoms with E-state index in [9.17, 15) is 13.6 Å². The van der Waals surface area contributed by atoms with Gasteiger partial charge >= 0.3 is 0 Å². The van der Waals surface area contributed by atoms with Gasteiger partial charge in [-0.2, -0.15) is 4.99 Å². The van der Waals surface area contributed by atoms with Crippen LogP contribution in [0.4, 0.5) is 8.78 Å². The van der Waals surface area contributed by atoms with Gasteiger partial charge in [0.15, 0.2) is 0 Å². The molecule has 0 bridgehead atoms. The second-order valence-electron chi connectivity index (χ2n) is 7.49. The molecule has 2 fully saturated rings. The second kappa shape index (κ2) is 7.80. The molecule has 1 heterocycles. The molecule has 0 atom stereocenters. The second-order valence-corrected chi connectivity index (χ2v) is 7.49. The number of allylic oxidation sites excluding steroid dienone is 1. The molecule has 0 aromatic rings. The maximum absolute atomic E-state index is 13.0. The normalized spacial score (nSPS) is 24.0. The van der Waals surface area contributed by atoms with Crippen LogP contribution in [-0.2, 0) is 4.79 Å². The van der Waals surface area contributed by atoms with Gasteiger partial charge in [-0.1, -0.05) is 0 Å². The van der Waals surface area contributed by atoms with Crippen molar-refractivity contribution >= 4 is 37.2 Å². The highest BCUT2D eigenvalue weighted by Crippen LogP contribution is 2.52. The van der Waals surface area contributed by atoms with Gasteiger partial charge in [0.1, 0.15) is 5.82 Å². The third-order valence-corrected chi connectivity index (χ3v) is 5.16. The Balaban J connectivity index is 1.68.